The van der Waals surface area contributed by atoms with Gasteiger partial charge in [0, 0.05) is 56.0 Å². The molecule has 0 spiro atoms. The van der Waals surface area contributed by atoms with Crippen LogP contribution < -0.4 is 9.64 Å². The maximum absolute atomic E-state index is 12.3. The Labute approximate surface area is 172 Å². The SMILES string of the molecule is CCOc1ccc(C2=Cc3c(N4CCN(C(=O)C5CC5)CC4)ccnc3C2)cc1. The van der Waals surface area contributed by atoms with Crippen LogP contribution >= 0.6 is 0 Å². The summed E-state index contributed by atoms with van der Waals surface area (Å²) in [6.07, 6.45) is 7.23. The Morgan fingerprint density at radius 2 is 1.86 bits per heavy atom. The summed E-state index contributed by atoms with van der Waals surface area (Å²) < 4.78 is 5.56. The Balaban J connectivity index is 1.33. The molecule has 1 amide bonds. The summed E-state index contributed by atoms with van der Waals surface area (Å²) in [5.41, 5.74) is 6.14. The maximum Gasteiger partial charge on any atom is 0.225 e. The third kappa shape index (κ3) is 3.61. The van der Waals surface area contributed by atoms with E-state index < -0.39 is 0 Å². The molecular weight excluding hydrogens is 362 g/mol. The van der Waals surface area contributed by atoms with E-state index in [0.29, 0.717) is 18.4 Å². The van der Waals surface area contributed by atoms with Gasteiger partial charge in [0.15, 0.2) is 0 Å². The number of piperazine rings is 1. The zero-order valence-electron chi connectivity index (χ0n) is 16.9. The predicted molar refractivity (Wildman–Crippen MR) is 115 cm³/mol. The van der Waals surface area contributed by atoms with Gasteiger partial charge in [-0.3, -0.25) is 9.78 Å². The second-order valence-corrected chi connectivity index (χ2v) is 8.08. The summed E-state index contributed by atoms with van der Waals surface area (Å²) in [5.74, 6) is 1.58. The number of nitrogens with zero attached hydrogens (tertiary/aromatic N) is 3. The molecule has 1 aliphatic heterocycles. The lowest BCUT2D eigenvalue weighted by Gasteiger charge is -2.37. The lowest BCUT2D eigenvalue weighted by Crippen LogP contribution is -2.49. The van der Waals surface area contributed by atoms with Crippen LogP contribution in [0, 0.1) is 5.92 Å². The number of hydrogen-bond acceptors (Lipinski definition) is 4. The molecule has 2 heterocycles. The Morgan fingerprint density at radius 3 is 2.55 bits per heavy atom. The van der Waals surface area contributed by atoms with Crippen molar-refractivity contribution in [2.45, 2.75) is 26.2 Å². The lowest BCUT2D eigenvalue weighted by molar-refractivity contribution is -0.132. The molecule has 2 fully saturated rings. The maximum atomic E-state index is 12.3. The number of anilines is 1. The third-order valence-corrected chi connectivity index (χ3v) is 6.12. The van der Waals surface area contributed by atoms with E-state index >= 15 is 0 Å². The monoisotopic (exact) mass is 389 g/mol. The summed E-state index contributed by atoms with van der Waals surface area (Å²) in [7, 11) is 0. The van der Waals surface area contributed by atoms with E-state index in [1.54, 1.807) is 0 Å². The van der Waals surface area contributed by atoms with Gasteiger partial charge in [0.1, 0.15) is 5.75 Å². The molecule has 5 heteroatoms. The molecule has 29 heavy (non-hydrogen) atoms. The fourth-order valence-electron chi connectivity index (χ4n) is 4.36. The number of ether oxygens (including phenoxy) is 1. The zero-order chi connectivity index (χ0) is 19.8. The minimum atomic E-state index is 0.311. The topological polar surface area (TPSA) is 45.7 Å². The number of amides is 1. The molecule has 0 radical (unpaired) electrons. The molecular formula is C24H27N3O2. The van der Waals surface area contributed by atoms with Crippen molar-refractivity contribution in [3.8, 4) is 5.75 Å². The summed E-state index contributed by atoms with van der Waals surface area (Å²) in [6, 6.07) is 10.4. The highest BCUT2D eigenvalue weighted by Gasteiger charge is 2.35. The average Bonchev–Trinajstić information content (AvgIpc) is 3.52. The van der Waals surface area contributed by atoms with Gasteiger partial charge in [-0.1, -0.05) is 12.1 Å². The quantitative estimate of drug-likeness (QED) is 0.783. The fraction of sp³-hybridized carbons (Fsp3) is 0.417. The molecule has 2 aliphatic carbocycles. The van der Waals surface area contributed by atoms with Crippen molar-refractivity contribution in [2.75, 3.05) is 37.7 Å². The van der Waals surface area contributed by atoms with Crippen molar-refractivity contribution in [3.05, 3.63) is 53.3 Å². The van der Waals surface area contributed by atoms with Crippen molar-refractivity contribution in [1.29, 1.82) is 0 Å². The number of aromatic nitrogens is 1. The average molecular weight is 389 g/mol. The molecule has 1 saturated carbocycles. The highest BCUT2D eigenvalue weighted by Crippen LogP contribution is 2.37. The van der Waals surface area contributed by atoms with Gasteiger partial charge in [0.05, 0.1) is 12.3 Å². The molecule has 2 aromatic rings. The predicted octanol–water partition coefficient (Wildman–Crippen LogP) is 3.64. The van der Waals surface area contributed by atoms with Crippen molar-refractivity contribution in [1.82, 2.24) is 9.88 Å². The van der Waals surface area contributed by atoms with Gasteiger partial charge in [0.2, 0.25) is 5.91 Å². The summed E-state index contributed by atoms with van der Waals surface area (Å²) in [4.78, 5) is 21.4. The first kappa shape index (κ1) is 18.2. The minimum Gasteiger partial charge on any atom is -0.494 e. The van der Waals surface area contributed by atoms with Crippen LogP contribution in [0.25, 0.3) is 11.6 Å². The van der Waals surface area contributed by atoms with Gasteiger partial charge in [0.25, 0.3) is 0 Å². The van der Waals surface area contributed by atoms with E-state index in [4.69, 9.17) is 4.74 Å². The van der Waals surface area contributed by atoms with E-state index in [-0.39, 0.29) is 0 Å². The van der Waals surface area contributed by atoms with Crippen LogP contribution in [-0.2, 0) is 11.2 Å². The number of rotatable bonds is 5. The standard InChI is InChI=1S/C24H27N3O2/c1-2-29-20-7-5-17(6-8-20)19-15-21-22(16-19)25-10-9-23(21)26-11-13-27(14-12-26)24(28)18-3-4-18/h5-10,15,18H,2-4,11-14,16H2,1H3. The van der Waals surface area contributed by atoms with Crippen LogP contribution in [-0.4, -0.2) is 48.6 Å². The molecule has 1 aromatic carbocycles. The van der Waals surface area contributed by atoms with Crippen LogP contribution in [0.15, 0.2) is 36.5 Å². The van der Waals surface area contributed by atoms with E-state index in [0.717, 1.165) is 56.9 Å². The number of pyridine rings is 1. The number of allylic oxidation sites excluding steroid dienone is 1. The molecule has 1 saturated heterocycles. The Bertz CT molecular complexity index is 939. The van der Waals surface area contributed by atoms with Gasteiger partial charge >= 0.3 is 0 Å². The Morgan fingerprint density at radius 1 is 1.10 bits per heavy atom. The summed E-state index contributed by atoms with van der Waals surface area (Å²) in [6.45, 7) is 6.10. The second-order valence-electron chi connectivity index (χ2n) is 8.08. The third-order valence-electron chi connectivity index (χ3n) is 6.12. The molecule has 0 atom stereocenters. The minimum absolute atomic E-state index is 0.311. The Hall–Kier alpha value is -2.82. The summed E-state index contributed by atoms with van der Waals surface area (Å²) >= 11 is 0. The van der Waals surface area contributed by atoms with E-state index in [9.17, 15) is 4.79 Å². The van der Waals surface area contributed by atoms with Crippen LogP contribution in [0.1, 0.15) is 36.6 Å². The van der Waals surface area contributed by atoms with Crippen molar-refractivity contribution in [3.63, 3.8) is 0 Å². The van der Waals surface area contributed by atoms with E-state index in [1.165, 1.54) is 22.4 Å². The highest BCUT2D eigenvalue weighted by molar-refractivity contribution is 5.92. The first-order chi connectivity index (χ1) is 14.2. The zero-order valence-corrected chi connectivity index (χ0v) is 16.9. The number of hydrogen-bond donors (Lipinski definition) is 0. The second kappa shape index (κ2) is 7.54. The van der Waals surface area contributed by atoms with Gasteiger partial charge < -0.3 is 14.5 Å². The lowest BCUT2D eigenvalue weighted by atomic mass is 10.1. The normalized spacial score (nSPS) is 18.4. The fourth-order valence-corrected chi connectivity index (χ4v) is 4.36. The largest absolute Gasteiger partial charge is 0.494 e. The van der Waals surface area contributed by atoms with Crippen LogP contribution in [0.2, 0.25) is 0 Å². The van der Waals surface area contributed by atoms with Gasteiger partial charge in [-0.15, -0.1) is 0 Å². The Kier molecular flexibility index (Phi) is 4.74. The van der Waals surface area contributed by atoms with Gasteiger partial charge in [-0.2, -0.15) is 0 Å². The van der Waals surface area contributed by atoms with E-state index in [2.05, 4.69) is 39.1 Å². The van der Waals surface area contributed by atoms with Gasteiger partial charge in [-0.05, 0) is 55.2 Å². The molecule has 0 N–H and O–H groups in total. The molecule has 5 rings (SSSR count). The first-order valence-electron chi connectivity index (χ1n) is 10.7. The molecule has 0 unspecified atom stereocenters. The summed E-state index contributed by atoms with van der Waals surface area (Å²) in [5, 5.41) is 0. The van der Waals surface area contributed by atoms with Crippen molar-refractivity contribution >= 4 is 23.2 Å². The van der Waals surface area contributed by atoms with Gasteiger partial charge in [-0.25, -0.2) is 0 Å². The van der Waals surface area contributed by atoms with Crippen LogP contribution in [0.3, 0.4) is 0 Å². The van der Waals surface area contributed by atoms with Crippen molar-refractivity contribution < 1.29 is 9.53 Å². The smallest absolute Gasteiger partial charge is 0.225 e. The highest BCUT2D eigenvalue weighted by atomic mass is 16.5. The molecule has 1 aromatic heterocycles. The first-order valence-corrected chi connectivity index (χ1v) is 10.7. The number of carbonyl (C=O) groups excluding carboxylic acids is 1. The number of carbonyl (C=O) groups is 1. The van der Waals surface area contributed by atoms with Crippen LogP contribution in [0.5, 0.6) is 5.75 Å². The molecule has 3 aliphatic rings. The molecule has 0 bridgehead atoms. The van der Waals surface area contributed by atoms with E-state index in [1.807, 2.05) is 25.3 Å². The van der Waals surface area contributed by atoms with Crippen molar-refractivity contribution in [2.24, 2.45) is 5.92 Å². The number of fused-ring (bicyclic) bond motifs is 1. The van der Waals surface area contributed by atoms with Crippen LogP contribution in [0.4, 0.5) is 5.69 Å². The molecule has 5 nitrogen and oxygen atoms in total. The number of benzene rings is 1. The molecule has 150 valence electrons.